The van der Waals surface area contributed by atoms with Crippen molar-refractivity contribution in [2.75, 3.05) is 18.2 Å². The Morgan fingerprint density at radius 2 is 1.96 bits per heavy atom. The summed E-state index contributed by atoms with van der Waals surface area (Å²) in [5.41, 5.74) is 2.12. The minimum Gasteiger partial charge on any atom is -0.454 e. The average Bonchev–Trinajstić information content (AvgIpc) is 3.25. The van der Waals surface area contributed by atoms with Crippen LogP contribution in [0.4, 0.5) is 5.69 Å². The summed E-state index contributed by atoms with van der Waals surface area (Å²) in [6.45, 7) is 2.93. The minimum atomic E-state index is -0.135. The molecule has 0 atom stereocenters. The number of hydrogen-bond donors (Lipinski definition) is 1. The number of aliphatic imine (C=N–C) groups is 1. The summed E-state index contributed by atoms with van der Waals surface area (Å²) < 4.78 is 10.7. The highest BCUT2D eigenvalue weighted by Crippen LogP contribution is 2.33. The lowest BCUT2D eigenvalue weighted by atomic mass is 10.1. The van der Waals surface area contributed by atoms with Crippen LogP contribution in [-0.4, -0.2) is 25.2 Å². The second-order valence-corrected chi connectivity index (χ2v) is 5.98. The Kier molecular flexibility index (Phi) is 4.31. The molecule has 2 heterocycles. The van der Waals surface area contributed by atoms with Gasteiger partial charge in [0.05, 0.1) is 5.69 Å². The van der Waals surface area contributed by atoms with E-state index in [0.717, 1.165) is 17.7 Å². The number of benzene rings is 2. The third-order valence-electron chi connectivity index (χ3n) is 4.10. The van der Waals surface area contributed by atoms with E-state index >= 15 is 0 Å². The molecular weight excluding hydrogens is 330 g/mol. The Morgan fingerprint density at radius 1 is 1.15 bits per heavy atom. The van der Waals surface area contributed by atoms with Gasteiger partial charge in [0.2, 0.25) is 12.8 Å². The van der Waals surface area contributed by atoms with E-state index in [4.69, 9.17) is 9.47 Å². The van der Waals surface area contributed by atoms with E-state index in [9.17, 15) is 4.79 Å². The molecule has 0 bridgehead atoms. The van der Waals surface area contributed by atoms with Crippen LogP contribution in [-0.2, 0) is 4.79 Å². The van der Waals surface area contributed by atoms with E-state index in [1.165, 1.54) is 0 Å². The molecule has 0 spiro atoms. The van der Waals surface area contributed by atoms with Crippen molar-refractivity contribution < 1.29 is 14.3 Å². The topological polar surface area (TPSA) is 63.2 Å². The number of amides is 1. The smallest absolute Gasteiger partial charge is 0.281 e. The standard InChI is InChI=1S/C20H19N3O3/c1-2-10-21-20-22-16(19(24)23(20)15-6-4-3-5-7-15)11-14-8-9-17-18(12-14)26-13-25-17/h3-9,11-12H,2,10,13H2,1H3,(H,21,22)/b16-11-. The molecule has 4 rings (SSSR count). The van der Waals surface area contributed by atoms with Crippen molar-refractivity contribution in [1.29, 1.82) is 0 Å². The summed E-state index contributed by atoms with van der Waals surface area (Å²) in [6.07, 6.45) is 2.71. The highest BCUT2D eigenvalue weighted by atomic mass is 16.7. The summed E-state index contributed by atoms with van der Waals surface area (Å²) >= 11 is 0. The van der Waals surface area contributed by atoms with E-state index in [2.05, 4.69) is 17.2 Å². The van der Waals surface area contributed by atoms with Gasteiger partial charge < -0.3 is 14.8 Å². The monoisotopic (exact) mass is 349 g/mol. The van der Waals surface area contributed by atoms with Crippen molar-refractivity contribution in [3.05, 3.63) is 59.8 Å². The number of nitrogens with one attached hydrogen (secondary N) is 1. The summed E-state index contributed by atoms with van der Waals surface area (Å²) in [5.74, 6) is 1.82. The van der Waals surface area contributed by atoms with Gasteiger partial charge in [-0.1, -0.05) is 31.2 Å². The van der Waals surface area contributed by atoms with Gasteiger partial charge in [-0.05, 0) is 42.3 Å². The van der Waals surface area contributed by atoms with Gasteiger partial charge >= 0.3 is 0 Å². The average molecular weight is 349 g/mol. The predicted molar refractivity (Wildman–Crippen MR) is 100 cm³/mol. The molecular formula is C20H19N3O3. The zero-order chi connectivity index (χ0) is 17.9. The molecule has 2 aromatic carbocycles. The summed E-state index contributed by atoms with van der Waals surface area (Å²) in [4.78, 5) is 19.1. The van der Waals surface area contributed by atoms with Gasteiger partial charge in [0.25, 0.3) is 5.91 Å². The molecule has 132 valence electrons. The zero-order valence-electron chi connectivity index (χ0n) is 14.4. The molecule has 2 aliphatic rings. The fourth-order valence-electron chi connectivity index (χ4n) is 2.86. The minimum absolute atomic E-state index is 0.135. The fraction of sp³-hybridized carbons (Fsp3) is 0.200. The number of fused-ring (bicyclic) bond motifs is 1. The Morgan fingerprint density at radius 3 is 2.77 bits per heavy atom. The maximum absolute atomic E-state index is 13.0. The van der Waals surface area contributed by atoms with Crippen LogP contribution in [0.3, 0.4) is 0 Å². The maximum atomic E-state index is 13.0. The maximum Gasteiger partial charge on any atom is 0.281 e. The Labute approximate surface area is 151 Å². The van der Waals surface area contributed by atoms with Crippen LogP contribution in [0.1, 0.15) is 18.9 Å². The first-order valence-corrected chi connectivity index (χ1v) is 8.58. The van der Waals surface area contributed by atoms with Crippen molar-refractivity contribution in [3.63, 3.8) is 0 Å². The van der Waals surface area contributed by atoms with Crippen molar-refractivity contribution >= 4 is 23.6 Å². The molecule has 1 N–H and O–H groups in total. The lowest BCUT2D eigenvalue weighted by Crippen LogP contribution is -2.32. The first-order chi connectivity index (χ1) is 12.8. The largest absolute Gasteiger partial charge is 0.454 e. The number of ether oxygens (including phenoxy) is 2. The molecule has 0 saturated carbocycles. The SMILES string of the molecule is CCCN=C1N/C(=C\c2ccc3c(c2)OCO3)C(=O)N1c1ccccc1. The third-order valence-corrected chi connectivity index (χ3v) is 4.10. The number of nitrogens with zero attached hydrogens (tertiary/aromatic N) is 2. The quantitative estimate of drug-likeness (QED) is 0.861. The van der Waals surface area contributed by atoms with Crippen molar-refractivity contribution in [2.45, 2.75) is 13.3 Å². The molecule has 1 saturated heterocycles. The van der Waals surface area contributed by atoms with Gasteiger partial charge in [-0.15, -0.1) is 0 Å². The van der Waals surface area contributed by atoms with E-state index in [1.54, 1.807) is 11.0 Å². The van der Waals surface area contributed by atoms with Gasteiger partial charge in [-0.25, -0.2) is 4.90 Å². The first-order valence-electron chi connectivity index (χ1n) is 8.58. The van der Waals surface area contributed by atoms with Crippen molar-refractivity contribution in [2.24, 2.45) is 4.99 Å². The first kappa shape index (κ1) is 16.2. The van der Waals surface area contributed by atoms with E-state index < -0.39 is 0 Å². The van der Waals surface area contributed by atoms with Crippen LogP contribution < -0.4 is 19.7 Å². The highest BCUT2D eigenvalue weighted by Gasteiger charge is 2.33. The number of hydrogen-bond acceptors (Lipinski definition) is 4. The Balaban J connectivity index is 1.68. The summed E-state index contributed by atoms with van der Waals surface area (Å²) in [7, 11) is 0. The zero-order valence-corrected chi connectivity index (χ0v) is 14.4. The normalized spacial score (nSPS) is 18.7. The molecule has 0 radical (unpaired) electrons. The van der Waals surface area contributed by atoms with Gasteiger partial charge in [-0.2, -0.15) is 0 Å². The molecule has 1 amide bonds. The molecule has 2 aliphatic heterocycles. The van der Waals surface area contributed by atoms with Crippen LogP contribution in [0.5, 0.6) is 11.5 Å². The van der Waals surface area contributed by atoms with Gasteiger partial charge in [0, 0.05) is 6.54 Å². The van der Waals surface area contributed by atoms with Crippen LogP contribution in [0.25, 0.3) is 6.08 Å². The predicted octanol–water partition coefficient (Wildman–Crippen LogP) is 3.16. The molecule has 2 aromatic rings. The fourth-order valence-corrected chi connectivity index (χ4v) is 2.86. The lowest BCUT2D eigenvalue weighted by Gasteiger charge is -2.14. The van der Waals surface area contributed by atoms with Crippen molar-refractivity contribution in [1.82, 2.24) is 5.32 Å². The molecule has 0 unspecified atom stereocenters. The molecule has 6 heteroatoms. The highest BCUT2D eigenvalue weighted by molar-refractivity contribution is 6.29. The lowest BCUT2D eigenvalue weighted by molar-refractivity contribution is -0.113. The molecule has 26 heavy (non-hydrogen) atoms. The van der Waals surface area contributed by atoms with Crippen LogP contribution in [0, 0.1) is 0 Å². The third kappa shape index (κ3) is 3.01. The molecule has 0 aliphatic carbocycles. The van der Waals surface area contributed by atoms with Crippen LogP contribution in [0.15, 0.2) is 59.2 Å². The van der Waals surface area contributed by atoms with Crippen LogP contribution >= 0.6 is 0 Å². The van der Waals surface area contributed by atoms with Crippen LogP contribution in [0.2, 0.25) is 0 Å². The molecule has 1 fully saturated rings. The molecule has 6 nitrogen and oxygen atoms in total. The van der Waals surface area contributed by atoms with E-state index in [0.29, 0.717) is 29.7 Å². The molecule has 0 aromatic heterocycles. The van der Waals surface area contributed by atoms with Gasteiger partial charge in [-0.3, -0.25) is 9.79 Å². The number of rotatable bonds is 4. The second-order valence-electron chi connectivity index (χ2n) is 5.98. The number of anilines is 1. The van der Waals surface area contributed by atoms with E-state index in [-0.39, 0.29) is 12.7 Å². The number of para-hydroxylation sites is 1. The second kappa shape index (κ2) is 6.92. The Hall–Kier alpha value is -3.28. The Bertz CT molecular complexity index is 890. The number of guanidine groups is 1. The summed E-state index contributed by atoms with van der Waals surface area (Å²) in [6, 6.07) is 15.1. The van der Waals surface area contributed by atoms with Crippen molar-refractivity contribution in [3.8, 4) is 11.5 Å². The summed E-state index contributed by atoms with van der Waals surface area (Å²) in [5, 5.41) is 3.16. The number of carbonyl (C=O) groups excluding carboxylic acids is 1. The van der Waals surface area contributed by atoms with Gasteiger partial charge in [0.1, 0.15) is 5.70 Å². The number of carbonyl (C=O) groups is 1. The van der Waals surface area contributed by atoms with Gasteiger partial charge in [0.15, 0.2) is 11.5 Å². The van der Waals surface area contributed by atoms with E-state index in [1.807, 2.05) is 48.5 Å².